The minimum absolute atomic E-state index is 0.152. The lowest BCUT2D eigenvalue weighted by Gasteiger charge is -2.37. The minimum Gasteiger partial charge on any atom is -0.465 e. The van der Waals surface area contributed by atoms with Crippen LogP contribution in [0.25, 0.3) is 0 Å². The summed E-state index contributed by atoms with van der Waals surface area (Å²) < 4.78 is 5.40. The number of carbonyl (C=O) groups is 1. The van der Waals surface area contributed by atoms with E-state index >= 15 is 0 Å². The molecule has 0 saturated heterocycles. The summed E-state index contributed by atoms with van der Waals surface area (Å²) in [5, 5.41) is 10.7. The highest BCUT2D eigenvalue weighted by Crippen LogP contribution is 2.74. The highest BCUT2D eigenvalue weighted by atomic mass is 16.5. The summed E-state index contributed by atoms with van der Waals surface area (Å²) >= 11 is 0. The summed E-state index contributed by atoms with van der Waals surface area (Å²) in [6.45, 7) is 9.70. The topological polar surface area (TPSA) is 46.5 Å². The molecule has 0 heterocycles. The van der Waals surface area contributed by atoms with Gasteiger partial charge in [-0.3, -0.25) is 4.79 Å². The van der Waals surface area contributed by atoms with E-state index in [4.69, 9.17) is 4.74 Å². The van der Waals surface area contributed by atoms with Crippen molar-refractivity contribution in [3.05, 3.63) is 0 Å². The number of fused-ring (bicyclic) bond motifs is 1. The van der Waals surface area contributed by atoms with Crippen molar-refractivity contribution in [2.75, 3.05) is 6.61 Å². The maximum absolute atomic E-state index is 12.3. The molecule has 0 aromatic carbocycles. The van der Waals surface area contributed by atoms with Crippen LogP contribution in [0.2, 0.25) is 0 Å². The van der Waals surface area contributed by atoms with Crippen molar-refractivity contribution < 1.29 is 14.6 Å². The van der Waals surface area contributed by atoms with E-state index in [1.807, 2.05) is 0 Å². The van der Waals surface area contributed by atoms with Crippen molar-refractivity contribution >= 4 is 5.97 Å². The molecule has 0 radical (unpaired) electrons. The second-order valence-corrected chi connectivity index (χ2v) is 8.87. The van der Waals surface area contributed by atoms with Gasteiger partial charge in [0.15, 0.2) is 0 Å². The maximum atomic E-state index is 12.3. The van der Waals surface area contributed by atoms with Crippen molar-refractivity contribution in [1.82, 2.24) is 0 Å². The lowest BCUT2D eigenvalue weighted by Crippen LogP contribution is -2.37. The quantitative estimate of drug-likeness (QED) is 0.572. The number of aliphatic hydroxyl groups is 1. The minimum atomic E-state index is -0.572. The number of hydrogen-bond acceptors (Lipinski definition) is 3. The molecule has 0 amide bonds. The Balaban J connectivity index is 1.58. The van der Waals surface area contributed by atoms with E-state index in [1.54, 1.807) is 0 Å². The van der Waals surface area contributed by atoms with Crippen LogP contribution in [0.4, 0.5) is 0 Å². The van der Waals surface area contributed by atoms with Crippen LogP contribution in [0.3, 0.4) is 0 Å². The molecule has 3 aliphatic carbocycles. The molecule has 4 atom stereocenters. The van der Waals surface area contributed by atoms with Crippen LogP contribution in [0.15, 0.2) is 0 Å². The number of unbranched alkanes of at least 4 members (excludes halogenated alkanes) is 1. The lowest BCUT2D eigenvalue weighted by molar-refractivity contribution is -0.156. The largest absolute Gasteiger partial charge is 0.465 e. The zero-order chi connectivity index (χ0) is 16.2. The Morgan fingerprint density at radius 2 is 2.00 bits per heavy atom. The van der Waals surface area contributed by atoms with Crippen LogP contribution < -0.4 is 0 Å². The Bertz CT molecular complexity index is 452. The Labute approximate surface area is 134 Å². The van der Waals surface area contributed by atoms with Crippen LogP contribution in [-0.4, -0.2) is 23.8 Å². The molecule has 0 aliphatic heterocycles. The first-order chi connectivity index (χ1) is 10.3. The van der Waals surface area contributed by atoms with Crippen LogP contribution in [-0.2, 0) is 9.53 Å². The van der Waals surface area contributed by atoms with E-state index in [9.17, 15) is 9.90 Å². The Kier molecular flexibility index (Phi) is 3.87. The summed E-state index contributed by atoms with van der Waals surface area (Å²) in [5.74, 6) is 1.22. The third-order valence-corrected chi connectivity index (χ3v) is 7.54. The molecule has 0 spiro atoms. The fourth-order valence-electron chi connectivity index (χ4n) is 4.84. The summed E-state index contributed by atoms with van der Waals surface area (Å²) in [6.07, 6.45) is 6.35. The van der Waals surface area contributed by atoms with Crippen molar-refractivity contribution in [2.24, 2.45) is 28.1 Å². The fraction of sp³-hybridized carbons (Fsp3) is 0.947. The zero-order valence-electron chi connectivity index (χ0n) is 14.7. The molecule has 1 N–H and O–H groups in total. The van der Waals surface area contributed by atoms with Gasteiger partial charge in [-0.1, -0.05) is 34.1 Å². The molecule has 0 bridgehead atoms. The number of rotatable bonds is 7. The van der Waals surface area contributed by atoms with Gasteiger partial charge in [0.2, 0.25) is 0 Å². The van der Waals surface area contributed by atoms with E-state index in [-0.39, 0.29) is 11.4 Å². The van der Waals surface area contributed by atoms with Gasteiger partial charge in [0.25, 0.3) is 0 Å². The van der Waals surface area contributed by atoms with Crippen molar-refractivity contribution in [3.8, 4) is 0 Å². The van der Waals surface area contributed by atoms with Crippen molar-refractivity contribution in [2.45, 2.75) is 78.7 Å². The van der Waals surface area contributed by atoms with Gasteiger partial charge in [-0.05, 0) is 61.2 Å². The monoisotopic (exact) mass is 308 g/mol. The standard InChI is InChI=1S/C19H32O3/c1-5-6-9-22-16(21)19(7-8-19)15(20)11-13-10-14-12-18(14,4)17(13,2)3/h13-15,20H,5-12H2,1-4H3/t13?,14?,15?,18-/m0/s1. The fourth-order valence-corrected chi connectivity index (χ4v) is 4.84. The van der Waals surface area contributed by atoms with Crippen molar-refractivity contribution in [1.29, 1.82) is 0 Å². The third-order valence-electron chi connectivity index (χ3n) is 7.54. The van der Waals surface area contributed by atoms with E-state index in [2.05, 4.69) is 27.7 Å². The van der Waals surface area contributed by atoms with Crippen LogP contribution in [0.1, 0.15) is 72.6 Å². The highest BCUT2D eigenvalue weighted by molar-refractivity contribution is 5.80. The number of esters is 1. The second-order valence-electron chi connectivity index (χ2n) is 8.87. The molecule has 3 unspecified atom stereocenters. The van der Waals surface area contributed by atoms with Gasteiger partial charge in [0.05, 0.1) is 18.1 Å². The predicted octanol–water partition coefficient (Wildman–Crippen LogP) is 3.93. The highest BCUT2D eigenvalue weighted by Gasteiger charge is 2.68. The lowest BCUT2D eigenvalue weighted by atomic mass is 9.68. The Morgan fingerprint density at radius 1 is 1.32 bits per heavy atom. The predicted molar refractivity (Wildman–Crippen MR) is 86.3 cm³/mol. The molecule has 0 aromatic heterocycles. The van der Waals surface area contributed by atoms with E-state index in [1.165, 1.54) is 12.8 Å². The molecule has 3 fully saturated rings. The Hall–Kier alpha value is -0.570. The summed E-state index contributed by atoms with van der Waals surface area (Å²) in [7, 11) is 0. The van der Waals surface area contributed by atoms with Gasteiger partial charge >= 0.3 is 5.97 Å². The van der Waals surface area contributed by atoms with Gasteiger partial charge in [0.1, 0.15) is 0 Å². The molecule has 0 aromatic rings. The van der Waals surface area contributed by atoms with Gasteiger partial charge in [-0.15, -0.1) is 0 Å². The molecular weight excluding hydrogens is 276 g/mol. The molecule has 22 heavy (non-hydrogen) atoms. The molecule has 126 valence electrons. The molecule has 3 rings (SSSR count). The summed E-state index contributed by atoms with van der Waals surface area (Å²) in [4.78, 5) is 12.3. The van der Waals surface area contributed by atoms with Crippen LogP contribution in [0, 0.1) is 28.1 Å². The van der Waals surface area contributed by atoms with Gasteiger partial charge in [-0.2, -0.15) is 0 Å². The maximum Gasteiger partial charge on any atom is 0.314 e. The molecule has 3 heteroatoms. The summed E-state index contributed by atoms with van der Waals surface area (Å²) in [6, 6.07) is 0. The molecule has 3 aliphatic rings. The van der Waals surface area contributed by atoms with E-state index < -0.39 is 11.5 Å². The van der Waals surface area contributed by atoms with Gasteiger partial charge in [0, 0.05) is 0 Å². The number of ether oxygens (including phenoxy) is 1. The molecule has 3 saturated carbocycles. The smallest absolute Gasteiger partial charge is 0.314 e. The van der Waals surface area contributed by atoms with Crippen LogP contribution >= 0.6 is 0 Å². The SMILES string of the molecule is CCCCOC(=O)C1(C(O)CC2CC3C[C@]3(C)C2(C)C)CC1. The van der Waals surface area contributed by atoms with Gasteiger partial charge in [-0.25, -0.2) is 0 Å². The Morgan fingerprint density at radius 3 is 2.50 bits per heavy atom. The third kappa shape index (κ3) is 2.31. The number of aliphatic hydroxyl groups excluding tert-OH is 1. The first-order valence-corrected chi connectivity index (χ1v) is 9.13. The first kappa shape index (κ1) is 16.3. The average molecular weight is 308 g/mol. The zero-order valence-corrected chi connectivity index (χ0v) is 14.7. The number of carbonyl (C=O) groups excluding carboxylic acids is 1. The van der Waals surface area contributed by atoms with Crippen molar-refractivity contribution in [3.63, 3.8) is 0 Å². The molecular formula is C19H32O3. The van der Waals surface area contributed by atoms with E-state index in [0.29, 0.717) is 17.9 Å². The average Bonchev–Trinajstić information content (AvgIpc) is 3.33. The van der Waals surface area contributed by atoms with E-state index in [0.717, 1.165) is 38.0 Å². The summed E-state index contributed by atoms with van der Waals surface area (Å²) in [5.41, 5.74) is 0.175. The normalized spacial score (nSPS) is 38.2. The van der Waals surface area contributed by atoms with Gasteiger partial charge < -0.3 is 9.84 Å². The number of hydrogen-bond donors (Lipinski definition) is 1. The second kappa shape index (κ2) is 5.22. The van der Waals surface area contributed by atoms with Crippen LogP contribution in [0.5, 0.6) is 0 Å². The molecule has 3 nitrogen and oxygen atoms in total. The first-order valence-electron chi connectivity index (χ1n) is 9.13.